The van der Waals surface area contributed by atoms with Crippen LogP contribution in [0, 0.1) is 0 Å². The Balaban J connectivity index is 1.52. The van der Waals surface area contributed by atoms with Gasteiger partial charge < -0.3 is 4.57 Å². The van der Waals surface area contributed by atoms with E-state index in [9.17, 15) is 0 Å². The first kappa shape index (κ1) is 11.9. The monoisotopic (exact) mass is 309 g/mol. The fourth-order valence-electron chi connectivity index (χ4n) is 2.42. The van der Waals surface area contributed by atoms with Crippen molar-refractivity contribution in [1.82, 2.24) is 24.2 Å². The Hall–Kier alpha value is -1.14. The number of likely N-dealkylation sites (tertiary alicyclic amines) is 1. The Labute approximate surface area is 115 Å². The largest absolute Gasteiger partial charge is 0.336 e. The van der Waals surface area contributed by atoms with Crippen molar-refractivity contribution in [1.29, 1.82) is 0 Å². The van der Waals surface area contributed by atoms with Gasteiger partial charge in [-0.2, -0.15) is 5.10 Å². The van der Waals surface area contributed by atoms with E-state index < -0.39 is 0 Å². The quantitative estimate of drug-likeness (QED) is 0.864. The van der Waals surface area contributed by atoms with Crippen molar-refractivity contribution in [2.75, 3.05) is 19.6 Å². The van der Waals surface area contributed by atoms with Gasteiger partial charge in [-0.05, 0) is 22.4 Å². The minimum atomic E-state index is 0.513. The normalized spacial score (nSPS) is 20.6. The molecule has 2 aromatic heterocycles. The SMILES string of the molecule is Brc1cnn(C2CCN(CCn3ccnc3)C2)c1. The average Bonchev–Trinajstić information content (AvgIpc) is 3.07. The van der Waals surface area contributed by atoms with Gasteiger partial charge in [0.2, 0.25) is 0 Å². The van der Waals surface area contributed by atoms with Gasteiger partial charge in [0.25, 0.3) is 0 Å². The molecule has 0 spiro atoms. The van der Waals surface area contributed by atoms with Crippen LogP contribution in [-0.2, 0) is 6.54 Å². The second-order valence-corrected chi connectivity index (χ2v) is 5.60. The lowest BCUT2D eigenvalue weighted by atomic mass is 10.3. The Morgan fingerprint density at radius 1 is 1.39 bits per heavy atom. The molecule has 1 aliphatic heterocycles. The van der Waals surface area contributed by atoms with Crippen LogP contribution in [-0.4, -0.2) is 43.9 Å². The minimum absolute atomic E-state index is 0.513. The highest BCUT2D eigenvalue weighted by Crippen LogP contribution is 2.22. The zero-order valence-electron chi connectivity index (χ0n) is 10.1. The standard InChI is InChI=1S/C12H16BrN5/c13-11-7-15-18(8-11)12-1-3-16(9-12)5-6-17-4-2-14-10-17/h2,4,7-8,10,12H,1,3,5-6,9H2. The zero-order valence-corrected chi connectivity index (χ0v) is 11.7. The van der Waals surface area contributed by atoms with Crippen molar-refractivity contribution in [3.63, 3.8) is 0 Å². The highest BCUT2D eigenvalue weighted by molar-refractivity contribution is 9.10. The first-order valence-corrected chi connectivity index (χ1v) is 6.98. The van der Waals surface area contributed by atoms with Crippen LogP contribution in [0.25, 0.3) is 0 Å². The number of aromatic nitrogens is 4. The topological polar surface area (TPSA) is 38.9 Å². The molecular weight excluding hydrogens is 294 g/mol. The lowest BCUT2D eigenvalue weighted by molar-refractivity contribution is 0.305. The predicted octanol–water partition coefficient (Wildman–Crippen LogP) is 1.79. The molecule has 5 nitrogen and oxygen atoms in total. The van der Waals surface area contributed by atoms with Gasteiger partial charge in [0.05, 0.1) is 23.0 Å². The molecule has 0 amide bonds. The smallest absolute Gasteiger partial charge is 0.0946 e. The molecule has 1 aliphatic rings. The second-order valence-electron chi connectivity index (χ2n) is 4.68. The van der Waals surface area contributed by atoms with Crippen molar-refractivity contribution >= 4 is 15.9 Å². The third-order valence-corrected chi connectivity index (χ3v) is 3.83. The third-order valence-electron chi connectivity index (χ3n) is 3.43. The van der Waals surface area contributed by atoms with Gasteiger partial charge in [0.1, 0.15) is 0 Å². The summed E-state index contributed by atoms with van der Waals surface area (Å²) in [5.74, 6) is 0. The van der Waals surface area contributed by atoms with Gasteiger partial charge >= 0.3 is 0 Å². The summed E-state index contributed by atoms with van der Waals surface area (Å²) in [5, 5.41) is 4.37. The molecule has 18 heavy (non-hydrogen) atoms. The van der Waals surface area contributed by atoms with Crippen LogP contribution >= 0.6 is 15.9 Å². The summed E-state index contributed by atoms with van der Waals surface area (Å²) in [5.41, 5.74) is 0. The second kappa shape index (κ2) is 5.24. The molecule has 96 valence electrons. The number of hydrogen-bond acceptors (Lipinski definition) is 3. The Morgan fingerprint density at radius 3 is 3.06 bits per heavy atom. The lowest BCUT2D eigenvalue weighted by Gasteiger charge is -2.16. The summed E-state index contributed by atoms with van der Waals surface area (Å²) < 4.78 is 5.25. The van der Waals surface area contributed by atoms with Crippen molar-refractivity contribution in [3.8, 4) is 0 Å². The van der Waals surface area contributed by atoms with E-state index in [1.165, 1.54) is 6.42 Å². The molecule has 6 heteroatoms. The van der Waals surface area contributed by atoms with E-state index >= 15 is 0 Å². The van der Waals surface area contributed by atoms with E-state index in [-0.39, 0.29) is 0 Å². The lowest BCUT2D eigenvalue weighted by Crippen LogP contribution is -2.25. The molecule has 1 fully saturated rings. The van der Waals surface area contributed by atoms with Gasteiger partial charge in [-0.3, -0.25) is 9.58 Å². The van der Waals surface area contributed by atoms with Crippen LogP contribution < -0.4 is 0 Å². The number of imidazole rings is 1. The summed E-state index contributed by atoms with van der Waals surface area (Å²) in [6.45, 7) is 4.32. The van der Waals surface area contributed by atoms with Crippen molar-refractivity contribution in [2.45, 2.75) is 19.0 Å². The fourth-order valence-corrected chi connectivity index (χ4v) is 2.72. The van der Waals surface area contributed by atoms with Gasteiger partial charge in [0.15, 0.2) is 0 Å². The summed E-state index contributed by atoms with van der Waals surface area (Å²) in [6, 6.07) is 0.513. The van der Waals surface area contributed by atoms with Gasteiger partial charge in [0, 0.05) is 44.8 Å². The maximum atomic E-state index is 4.37. The number of rotatable bonds is 4. The van der Waals surface area contributed by atoms with Crippen LogP contribution in [0.4, 0.5) is 0 Å². The molecule has 1 atom stereocenters. The van der Waals surface area contributed by atoms with E-state index in [1.54, 1.807) is 0 Å². The Morgan fingerprint density at radius 2 is 2.33 bits per heavy atom. The van der Waals surface area contributed by atoms with Crippen molar-refractivity contribution in [2.24, 2.45) is 0 Å². The van der Waals surface area contributed by atoms with Crippen molar-refractivity contribution in [3.05, 3.63) is 35.6 Å². The molecule has 0 aromatic carbocycles. The molecule has 3 rings (SSSR count). The highest BCUT2D eigenvalue weighted by Gasteiger charge is 2.23. The zero-order chi connectivity index (χ0) is 12.4. The summed E-state index contributed by atoms with van der Waals surface area (Å²) in [6.07, 6.45) is 10.8. The Bertz CT molecular complexity index is 492. The third kappa shape index (κ3) is 2.64. The van der Waals surface area contributed by atoms with Crippen LogP contribution in [0.1, 0.15) is 12.5 Å². The molecule has 1 saturated heterocycles. The minimum Gasteiger partial charge on any atom is -0.336 e. The van der Waals surface area contributed by atoms with E-state index in [2.05, 4.69) is 46.4 Å². The van der Waals surface area contributed by atoms with Crippen LogP contribution in [0.3, 0.4) is 0 Å². The Kier molecular flexibility index (Phi) is 3.47. The van der Waals surface area contributed by atoms with E-state index in [0.717, 1.165) is 30.7 Å². The van der Waals surface area contributed by atoms with Crippen LogP contribution in [0.15, 0.2) is 35.6 Å². The molecule has 2 aromatic rings. The maximum Gasteiger partial charge on any atom is 0.0946 e. The molecule has 0 radical (unpaired) electrons. The van der Waals surface area contributed by atoms with Crippen LogP contribution in [0.2, 0.25) is 0 Å². The number of nitrogens with zero attached hydrogens (tertiary/aromatic N) is 5. The fraction of sp³-hybridized carbons (Fsp3) is 0.500. The average molecular weight is 310 g/mol. The molecule has 0 aliphatic carbocycles. The highest BCUT2D eigenvalue weighted by atomic mass is 79.9. The molecule has 0 saturated carbocycles. The van der Waals surface area contributed by atoms with Crippen molar-refractivity contribution < 1.29 is 0 Å². The number of hydrogen-bond donors (Lipinski definition) is 0. The summed E-state index contributed by atoms with van der Waals surface area (Å²) in [7, 11) is 0. The van der Waals surface area contributed by atoms with E-state index in [4.69, 9.17) is 0 Å². The van der Waals surface area contributed by atoms with Gasteiger partial charge in [-0.1, -0.05) is 0 Å². The summed E-state index contributed by atoms with van der Waals surface area (Å²) in [4.78, 5) is 6.54. The molecule has 1 unspecified atom stereocenters. The molecule has 0 bridgehead atoms. The first-order chi connectivity index (χ1) is 8.81. The van der Waals surface area contributed by atoms with E-state index in [1.807, 2.05) is 24.9 Å². The maximum absolute atomic E-state index is 4.37. The number of halogens is 1. The summed E-state index contributed by atoms with van der Waals surface area (Å²) >= 11 is 3.44. The van der Waals surface area contributed by atoms with Gasteiger partial charge in [-0.25, -0.2) is 4.98 Å². The van der Waals surface area contributed by atoms with Crippen LogP contribution in [0.5, 0.6) is 0 Å². The first-order valence-electron chi connectivity index (χ1n) is 6.19. The van der Waals surface area contributed by atoms with E-state index in [0.29, 0.717) is 6.04 Å². The molecule has 3 heterocycles. The molecular formula is C12H16BrN5. The predicted molar refractivity (Wildman–Crippen MR) is 72.2 cm³/mol. The molecule has 0 N–H and O–H groups in total. The van der Waals surface area contributed by atoms with Gasteiger partial charge in [-0.15, -0.1) is 0 Å².